The third kappa shape index (κ3) is 5.89. The number of hydrogen-bond acceptors (Lipinski definition) is 1. The molecule has 0 radical (unpaired) electrons. The first kappa shape index (κ1) is 16.7. The fourth-order valence-electron chi connectivity index (χ4n) is 1.26. The van der Waals surface area contributed by atoms with E-state index in [1.165, 1.54) is 12.1 Å². The van der Waals surface area contributed by atoms with Gasteiger partial charge in [-0.15, -0.1) is 0 Å². The van der Waals surface area contributed by atoms with Gasteiger partial charge in [-0.05, 0) is 29.7 Å². The third-order valence-corrected chi connectivity index (χ3v) is 1.99. The Morgan fingerprint density at radius 1 is 1.17 bits per heavy atom. The largest absolute Gasteiger partial charge is 0.484 e. The number of halogens is 4. The van der Waals surface area contributed by atoms with E-state index in [9.17, 15) is 17.6 Å². The molecule has 1 rings (SSSR count). The van der Waals surface area contributed by atoms with Crippen molar-refractivity contribution in [1.82, 2.24) is 0 Å². The first-order valence-electron chi connectivity index (χ1n) is 5.78. The molecule has 0 aliphatic heterocycles. The molecule has 104 valence electrons. The van der Waals surface area contributed by atoms with Crippen molar-refractivity contribution in [2.45, 2.75) is 39.8 Å². The van der Waals surface area contributed by atoms with Crippen molar-refractivity contribution in [3.63, 3.8) is 0 Å². The Hall–Kier alpha value is -1.26. The molecule has 0 fully saturated rings. The third-order valence-electron chi connectivity index (χ3n) is 1.99. The molecule has 1 aromatic rings. The van der Waals surface area contributed by atoms with Crippen LogP contribution in [0.4, 0.5) is 17.6 Å². The van der Waals surface area contributed by atoms with Crippen LogP contribution in [0.3, 0.4) is 0 Å². The van der Waals surface area contributed by atoms with Crippen LogP contribution in [0.2, 0.25) is 0 Å². The summed E-state index contributed by atoms with van der Waals surface area (Å²) >= 11 is 0. The normalized spacial score (nSPS) is 10.9. The number of alkyl halides is 3. The van der Waals surface area contributed by atoms with E-state index in [2.05, 4.69) is 4.74 Å². The predicted molar refractivity (Wildman–Crippen MR) is 63.4 cm³/mol. The molecule has 18 heavy (non-hydrogen) atoms. The fourth-order valence-corrected chi connectivity index (χ4v) is 1.26. The molecule has 0 unspecified atom stereocenters. The van der Waals surface area contributed by atoms with Gasteiger partial charge in [0, 0.05) is 0 Å². The number of hydrogen-bond donors (Lipinski definition) is 0. The Morgan fingerprint density at radius 3 is 2.17 bits per heavy atom. The van der Waals surface area contributed by atoms with Gasteiger partial charge in [-0.1, -0.05) is 27.7 Å². The molecule has 0 saturated heterocycles. The zero-order valence-corrected chi connectivity index (χ0v) is 10.9. The van der Waals surface area contributed by atoms with Crippen molar-refractivity contribution in [3.8, 4) is 5.75 Å². The average molecular weight is 266 g/mol. The summed E-state index contributed by atoms with van der Waals surface area (Å²) < 4.78 is 53.4. The van der Waals surface area contributed by atoms with E-state index in [4.69, 9.17) is 0 Å². The number of ether oxygens (including phenoxy) is 1. The van der Waals surface area contributed by atoms with Gasteiger partial charge in [0.1, 0.15) is 11.6 Å². The highest BCUT2D eigenvalue weighted by Gasteiger charge is 2.29. The summed E-state index contributed by atoms with van der Waals surface area (Å²) in [4.78, 5) is 0. The van der Waals surface area contributed by atoms with Crippen molar-refractivity contribution in [3.05, 3.63) is 29.6 Å². The van der Waals surface area contributed by atoms with Gasteiger partial charge in [-0.2, -0.15) is 13.2 Å². The maximum absolute atomic E-state index is 12.9. The highest BCUT2D eigenvalue weighted by Crippen LogP contribution is 2.28. The minimum Gasteiger partial charge on any atom is -0.484 e. The predicted octanol–water partition coefficient (Wildman–Crippen LogP) is 4.92. The van der Waals surface area contributed by atoms with E-state index in [1.807, 2.05) is 13.8 Å². The molecule has 0 amide bonds. The van der Waals surface area contributed by atoms with Gasteiger partial charge in [-0.25, -0.2) is 4.39 Å². The molecule has 0 aliphatic rings. The van der Waals surface area contributed by atoms with Gasteiger partial charge in [0.25, 0.3) is 0 Å². The zero-order valence-electron chi connectivity index (χ0n) is 10.9. The molecule has 0 aromatic heterocycles. The van der Waals surface area contributed by atoms with E-state index in [0.29, 0.717) is 5.56 Å². The zero-order chi connectivity index (χ0) is 14.3. The van der Waals surface area contributed by atoms with Gasteiger partial charge in [0.05, 0.1) is 0 Å². The van der Waals surface area contributed by atoms with Crippen molar-refractivity contribution >= 4 is 0 Å². The average Bonchev–Trinajstić information content (AvgIpc) is 2.28. The van der Waals surface area contributed by atoms with Gasteiger partial charge in [-0.3, -0.25) is 0 Å². The minimum atomic E-state index is -4.39. The molecular formula is C13H18F4O. The number of rotatable bonds is 3. The van der Waals surface area contributed by atoms with E-state index in [-0.39, 0.29) is 11.7 Å². The second-order valence-corrected chi connectivity index (χ2v) is 3.74. The van der Waals surface area contributed by atoms with Crippen LogP contribution in [0.25, 0.3) is 0 Å². The van der Waals surface area contributed by atoms with Crippen LogP contribution in [0.1, 0.15) is 39.2 Å². The molecule has 0 bridgehead atoms. The lowest BCUT2D eigenvalue weighted by atomic mass is 10.0. The Labute approximate surface area is 105 Å². The van der Waals surface area contributed by atoms with Crippen LogP contribution >= 0.6 is 0 Å². The maximum atomic E-state index is 12.9. The van der Waals surface area contributed by atoms with Crippen LogP contribution < -0.4 is 4.74 Å². The van der Waals surface area contributed by atoms with Crippen LogP contribution in [0, 0.1) is 5.82 Å². The molecule has 0 N–H and O–H groups in total. The molecule has 1 nitrogen and oxygen atoms in total. The summed E-state index contributed by atoms with van der Waals surface area (Å²) in [6.07, 6.45) is -4.39. The first-order valence-corrected chi connectivity index (χ1v) is 5.78. The second kappa shape index (κ2) is 7.24. The Bertz CT molecular complexity index is 358. The maximum Gasteiger partial charge on any atom is 0.422 e. The molecule has 0 atom stereocenters. The van der Waals surface area contributed by atoms with E-state index >= 15 is 0 Å². The SMILES string of the molecule is CC.CC(C)c1cc(F)ccc1OCC(F)(F)F. The summed E-state index contributed by atoms with van der Waals surface area (Å²) in [6, 6.07) is 3.49. The second-order valence-electron chi connectivity index (χ2n) is 3.74. The highest BCUT2D eigenvalue weighted by molar-refractivity contribution is 5.36. The van der Waals surface area contributed by atoms with Gasteiger partial charge < -0.3 is 4.74 Å². The summed E-state index contributed by atoms with van der Waals surface area (Å²) in [5.41, 5.74) is 0.434. The van der Waals surface area contributed by atoms with Crippen molar-refractivity contribution in [2.75, 3.05) is 6.61 Å². The monoisotopic (exact) mass is 266 g/mol. The van der Waals surface area contributed by atoms with Crippen LogP contribution in [0.5, 0.6) is 5.75 Å². The molecule has 0 heterocycles. The molecule has 5 heteroatoms. The molecule has 1 aromatic carbocycles. The summed E-state index contributed by atoms with van der Waals surface area (Å²) in [5.74, 6) is -0.504. The van der Waals surface area contributed by atoms with Gasteiger partial charge in [0.2, 0.25) is 0 Å². The standard InChI is InChI=1S/C11H12F4O.C2H6/c1-7(2)9-5-8(12)3-4-10(9)16-6-11(13,14)15;1-2/h3-5,7H,6H2,1-2H3;1-2H3. The first-order chi connectivity index (χ1) is 8.29. The lowest BCUT2D eigenvalue weighted by Crippen LogP contribution is -2.19. The molecule has 0 spiro atoms. The Morgan fingerprint density at radius 2 is 1.72 bits per heavy atom. The summed E-state index contributed by atoms with van der Waals surface area (Å²) in [7, 11) is 0. The van der Waals surface area contributed by atoms with Gasteiger partial charge >= 0.3 is 6.18 Å². The van der Waals surface area contributed by atoms with Crippen LogP contribution in [-0.2, 0) is 0 Å². The van der Waals surface area contributed by atoms with E-state index < -0.39 is 18.6 Å². The molecular weight excluding hydrogens is 248 g/mol. The van der Waals surface area contributed by atoms with Crippen molar-refractivity contribution in [1.29, 1.82) is 0 Å². The van der Waals surface area contributed by atoms with Crippen molar-refractivity contribution < 1.29 is 22.3 Å². The molecule has 0 aliphatic carbocycles. The Balaban J connectivity index is 0.00000137. The van der Waals surface area contributed by atoms with Crippen molar-refractivity contribution in [2.24, 2.45) is 0 Å². The highest BCUT2D eigenvalue weighted by atomic mass is 19.4. The van der Waals surface area contributed by atoms with Crippen LogP contribution in [0.15, 0.2) is 18.2 Å². The fraction of sp³-hybridized carbons (Fsp3) is 0.538. The quantitative estimate of drug-likeness (QED) is 0.706. The topological polar surface area (TPSA) is 9.23 Å². The Kier molecular flexibility index (Phi) is 6.73. The lowest BCUT2D eigenvalue weighted by molar-refractivity contribution is -0.153. The summed E-state index contributed by atoms with van der Waals surface area (Å²) in [5, 5.41) is 0. The molecule has 0 saturated carbocycles. The van der Waals surface area contributed by atoms with E-state index in [1.54, 1.807) is 13.8 Å². The van der Waals surface area contributed by atoms with Gasteiger partial charge in [0.15, 0.2) is 6.61 Å². The summed E-state index contributed by atoms with van der Waals surface area (Å²) in [6.45, 7) is 6.16. The van der Waals surface area contributed by atoms with E-state index in [0.717, 1.165) is 6.07 Å². The minimum absolute atomic E-state index is 0.0775. The smallest absolute Gasteiger partial charge is 0.422 e. The van der Waals surface area contributed by atoms with Crippen LogP contribution in [-0.4, -0.2) is 12.8 Å². The number of benzene rings is 1. The lowest BCUT2D eigenvalue weighted by Gasteiger charge is -2.15.